The second-order valence-corrected chi connectivity index (χ2v) is 3.72. The molecule has 0 aromatic carbocycles. The Bertz CT molecular complexity index is 392. The minimum Gasteiger partial charge on any atom is -0.361 e. The topological polar surface area (TPSA) is 71.3 Å². The van der Waals surface area contributed by atoms with E-state index in [2.05, 4.69) is 15.2 Å². The second kappa shape index (κ2) is 4.44. The third kappa shape index (κ3) is 1.83. The van der Waals surface area contributed by atoms with Crippen LogP contribution < -0.4 is 10.2 Å². The third-order valence-corrected chi connectivity index (χ3v) is 2.83. The van der Waals surface area contributed by atoms with Crippen molar-refractivity contribution in [3.8, 4) is 0 Å². The first-order valence-electron chi connectivity index (χ1n) is 5.29. The number of nitro groups is 1. The van der Waals surface area contributed by atoms with Gasteiger partial charge in [0.15, 0.2) is 0 Å². The van der Waals surface area contributed by atoms with Crippen molar-refractivity contribution in [3.63, 3.8) is 0 Å². The molecule has 0 radical (unpaired) electrons. The van der Waals surface area contributed by atoms with Crippen molar-refractivity contribution in [2.24, 2.45) is 0 Å². The Kier molecular flexibility index (Phi) is 3.00. The van der Waals surface area contributed by atoms with E-state index in [0.717, 1.165) is 19.6 Å². The SMILES string of the molecule is CCN(c1ccncc1[N+](=O)[O-])C1CNC1. The smallest absolute Gasteiger partial charge is 0.310 e. The highest BCUT2D eigenvalue weighted by molar-refractivity contribution is 5.62. The largest absolute Gasteiger partial charge is 0.361 e. The molecule has 0 unspecified atom stereocenters. The molecule has 0 atom stereocenters. The molecule has 0 amide bonds. The van der Waals surface area contributed by atoms with Crippen LogP contribution in [0, 0.1) is 10.1 Å². The summed E-state index contributed by atoms with van der Waals surface area (Å²) >= 11 is 0. The van der Waals surface area contributed by atoms with E-state index in [0.29, 0.717) is 11.7 Å². The molecule has 1 aromatic rings. The zero-order chi connectivity index (χ0) is 11.5. The van der Waals surface area contributed by atoms with E-state index >= 15 is 0 Å². The molecule has 1 aromatic heterocycles. The maximum atomic E-state index is 10.9. The van der Waals surface area contributed by atoms with Crippen molar-refractivity contribution in [1.82, 2.24) is 10.3 Å². The Balaban J connectivity index is 2.32. The summed E-state index contributed by atoms with van der Waals surface area (Å²) in [6, 6.07) is 2.06. The molecule has 0 bridgehead atoms. The van der Waals surface area contributed by atoms with E-state index < -0.39 is 0 Å². The fraction of sp³-hybridized carbons (Fsp3) is 0.500. The second-order valence-electron chi connectivity index (χ2n) is 3.72. The highest BCUT2D eigenvalue weighted by Gasteiger charge is 2.28. The average Bonchev–Trinajstić information content (AvgIpc) is 2.23. The van der Waals surface area contributed by atoms with Crippen LogP contribution in [0.2, 0.25) is 0 Å². The van der Waals surface area contributed by atoms with Gasteiger partial charge in [-0.3, -0.25) is 15.1 Å². The monoisotopic (exact) mass is 222 g/mol. The standard InChI is InChI=1S/C10H14N4O2/c1-2-13(8-5-12-6-8)9-3-4-11-7-10(9)14(15)16/h3-4,7-8,12H,2,5-6H2,1H3. The third-order valence-electron chi connectivity index (χ3n) is 2.83. The van der Waals surface area contributed by atoms with Crippen LogP contribution >= 0.6 is 0 Å². The molecule has 0 spiro atoms. The predicted octanol–water partition coefficient (Wildman–Crippen LogP) is 0.788. The first-order chi connectivity index (χ1) is 7.74. The lowest BCUT2D eigenvalue weighted by molar-refractivity contribution is -0.384. The lowest BCUT2D eigenvalue weighted by Gasteiger charge is -2.38. The molecule has 86 valence electrons. The van der Waals surface area contributed by atoms with Crippen LogP contribution in [-0.2, 0) is 0 Å². The van der Waals surface area contributed by atoms with Gasteiger partial charge in [0.2, 0.25) is 0 Å². The number of nitrogens with zero attached hydrogens (tertiary/aromatic N) is 3. The summed E-state index contributed by atoms with van der Waals surface area (Å²) < 4.78 is 0. The van der Waals surface area contributed by atoms with E-state index in [4.69, 9.17) is 0 Å². The molecule has 2 heterocycles. The number of anilines is 1. The fourth-order valence-corrected chi connectivity index (χ4v) is 1.88. The number of rotatable bonds is 4. The molecule has 1 saturated heterocycles. The zero-order valence-corrected chi connectivity index (χ0v) is 9.09. The Morgan fingerprint density at radius 2 is 2.44 bits per heavy atom. The van der Waals surface area contributed by atoms with Gasteiger partial charge < -0.3 is 10.2 Å². The number of likely N-dealkylation sites (N-methyl/N-ethyl adjacent to an activating group) is 1. The summed E-state index contributed by atoms with van der Waals surface area (Å²) in [5, 5.41) is 14.1. The first kappa shape index (κ1) is 10.8. The molecule has 1 aliphatic heterocycles. The lowest BCUT2D eigenvalue weighted by atomic mass is 10.1. The fourth-order valence-electron chi connectivity index (χ4n) is 1.88. The van der Waals surface area contributed by atoms with Crippen molar-refractivity contribution < 1.29 is 4.92 Å². The molecule has 0 saturated carbocycles. The number of hydrogen-bond donors (Lipinski definition) is 1. The van der Waals surface area contributed by atoms with Gasteiger partial charge in [0.1, 0.15) is 11.9 Å². The maximum Gasteiger partial charge on any atom is 0.310 e. The van der Waals surface area contributed by atoms with E-state index in [1.807, 2.05) is 6.92 Å². The minimum absolute atomic E-state index is 0.0799. The molecule has 2 rings (SSSR count). The van der Waals surface area contributed by atoms with Gasteiger partial charge in [-0.1, -0.05) is 0 Å². The molecule has 1 fully saturated rings. The molecule has 1 aliphatic rings. The van der Waals surface area contributed by atoms with Gasteiger partial charge in [0.25, 0.3) is 0 Å². The summed E-state index contributed by atoms with van der Waals surface area (Å²) in [5.41, 5.74) is 0.741. The van der Waals surface area contributed by atoms with Crippen LogP contribution in [0.25, 0.3) is 0 Å². The van der Waals surface area contributed by atoms with Crippen molar-refractivity contribution in [2.75, 3.05) is 24.5 Å². The van der Waals surface area contributed by atoms with Crippen molar-refractivity contribution >= 4 is 11.4 Å². The van der Waals surface area contributed by atoms with Crippen LogP contribution in [0.4, 0.5) is 11.4 Å². The normalized spacial score (nSPS) is 15.6. The minimum atomic E-state index is -0.378. The molecule has 1 N–H and O–H groups in total. The summed E-state index contributed by atoms with van der Waals surface area (Å²) in [5.74, 6) is 0. The summed E-state index contributed by atoms with van der Waals surface area (Å²) in [4.78, 5) is 16.4. The Labute approximate surface area is 93.4 Å². The number of hydrogen-bond acceptors (Lipinski definition) is 5. The van der Waals surface area contributed by atoms with Gasteiger partial charge in [0, 0.05) is 25.8 Å². The van der Waals surface area contributed by atoms with Gasteiger partial charge in [0.05, 0.1) is 11.0 Å². The summed E-state index contributed by atoms with van der Waals surface area (Å²) in [6.45, 7) is 4.53. The maximum absolute atomic E-state index is 10.9. The summed E-state index contributed by atoms with van der Waals surface area (Å²) in [7, 11) is 0. The zero-order valence-electron chi connectivity index (χ0n) is 9.09. The summed E-state index contributed by atoms with van der Waals surface area (Å²) in [6.07, 6.45) is 2.90. The number of aromatic nitrogens is 1. The highest BCUT2D eigenvalue weighted by Crippen LogP contribution is 2.28. The average molecular weight is 222 g/mol. The number of pyridine rings is 1. The van der Waals surface area contributed by atoms with Crippen LogP contribution in [-0.4, -0.2) is 35.6 Å². The molecular formula is C10H14N4O2. The van der Waals surface area contributed by atoms with E-state index in [1.54, 1.807) is 12.3 Å². The quantitative estimate of drug-likeness (QED) is 0.602. The number of nitrogens with one attached hydrogen (secondary N) is 1. The van der Waals surface area contributed by atoms with E-state index in [1.165, 1.54) is 6.20 Å². The predicted molar refractivity (Wildman–Crippen MR) is 60.6 cm³/mol. The van der Waals surface area contributed by atoms with Crippen molar-refractivity contribution in [1.29, 1.82) is 0 Å². The van der Waals surface area contributed by atoms with Crippen LogP contribution in [0.3, 0.4) is 0 Å². The van der Waals surface area contributed by atoms with Crippen LogP contribution in [0.5, 0.6) is 0 Å². The van der Waals surface area contributed by atoms with Crippen molar-refractivity contribution in [2.45, 2.75) is 13.0 Å². The van der Waals surface area contributed by atoms with E-state index in [9.17, 15) is 10.1 Å². The molecule has 16 heavy (non-hydrogen) atoms. The van der Waals surface area contributed by atoms with Gasteiger partial charge in [-0.05, 0) is 13.0 Å². The molecule has 0 aliphatic carbocycles. The first-order valence-corrected chi connectivity index (χ1v) is 5.29. The Morgan fingerprint density at radius 3 is 2.94 bits per heavy atom. The van der Waals surface area contributed by atoms with Gasteiger partial charge >= 0.3 is 5.69 Å². The molecular weight excluding hydrogens is 208 g/mol. The Hall–Kier alpha value is -1.69. The molecule has 6 nitrogen and oxygen atoms in total. The Morgan fingerprint density at radius 1 is 1.69 bits per heavy atom. The van der Waals surface area contributed by atoms with Crippen LogP contribution in [0.15, 0.2) is 18.5 Å². The highest BCUT2D eigenvalue weighted by atomic mass is 16.6. The van der Waals surface area contributed by atoms with Crippen LogP contribution in [0.1, 0.15) is 6.92 Å². The van der Waals surface area contributed by atoms with E-state index in [-0.39, 0.29) is 10.6 Å². The molecule has 6 heteroatoms. The van der Waals surface area contributed by atoms with Gasteiger partial charge in [-0.15, -0.1) is 0 Å². The lowest BCUT2D eigenvalue weighted by Crippen LogP contribution is -2.57. The van der Waals surface area contributed by atoms with Gasteiger partial charge in [-0.25, -0.2) is 0 Å². The van der Waals surface area contributed by atoms with Crippen molar-refractivity contribution in [3.05, 3.63) is 28.6 Å². The van der Waals surface area contributed by atoms with Gasteiger partial charge in [-0.2, -0.15) is 0 Å².